The summed E-state index contributed by atoms with van der Waals surface area (Å²) in [6.07, 6.45) is -0.0833. The first kappa shape index (κ1) is 9.02. The Morgan fingerprint density at radius 3 is 2.00 bits per heavy atom. The molecule has 1 fully saturated rings. The Hall–Kier alpha value is -0.0700. The molecule has 0 spiro atoms. The van der Waals surface area contributed by atoms with E-state index < -0.39 is 0 Å². The van der Waals surface area contributed by atoms with Crippen molar-refractivity contribution in [3.63, 3.8) is 0 Å². The summed E-state index contributed by atoms with van der Waals surface area (Å²) in [5.74, 6) is 0. The van der Waals surface area contributed by atoms with E-state index in [1.807, 2.05) is 0 Å². The molecule has 0 aliphatic carbocycles. The van der Waals surface area contributed by atoms with E-state index in [0.29, 0.717) is 0 Å². The summed E-state index contributed by atoms with van der Waals surface area (Å²) < 4.78 is 0. The Labute approximate surface area is 71.0 Å². The van der Waals surface area contributed by atoms with Gasteiger partial charge in [0.05, 0.1) is 19.6 Å². The van der Waals surface area contributed by atoms with Gasteiger partial charge in [-0.05, 0) is 0 Å². The zero-order chi connectivity index (χ0) is 8.27. The zero-order valence-corrected chi connectivity index (χ0v) is 7.00. The monoisotopic (exact) mass is 176 g/mol. The van der Waals surface area contributed by atoms with Gasteiger partial charge in [-0.25, -0.2) is 0 Å². The third-order valence-electron chi connectivity index (χ3n) is 1.91. The molecule has 1 saturated heterocycles. The quantitative estimate of drug-likeness (QED) is 0.531. The summed E-state index contributed by atoms with van der Waals surface area (Å²) in [6.45, 7) is 1.51. The second kappa shape index (κ2) is 4.08. The van der Waals surface area contributed by atoms with Crippen molar-refractivity contribution in [2.24, 2.45) is 0 Å². The van der Waals surface area contributed by atoms with Gasteiger partial charge in [0.15, 0.2) is 0 Å². The van der Waals surface area contributed by atoms with E-state index in [0.717, 1.165) is 13.1 Å². The molecule has 0 aromatic rings. The van der Waals surface area contributed by atoms with Gasteiger partial charge in [0, 0.05) is 18.5 Å². The number of thiocarbonyl (C=S) groups is 1. The Morgan fingerprint density at radius 1 is 1.27 bits per heavy atom. The maximum atomic E-state index is 8.83. The molecule has 0 atom stereocenters. The molecular weight excluding hydrogens is 164 g/mol. The average Bonchev–Trinajstić information content (AvgIpc) is 2.45. The number of rotatable bonds is 3. The summed E-state index contributed by atoms with van der Waals surface area (Å²) >= 11 is 4.77. The molecule has 0 saturated carbocycles. The number of hydrogen-bond acceptors (Lipinski definition) is 5. The standard InChI is InChI=1S/C6H12N2O2S/c9-4-7-1-2-8(5-10)6(7)3-11/h3,6,9-10H,1-2,4-5H2. The lowest BCUT2D eigenvalue weighted by Gasteiger charge is -2.23. The fourth-order valence-electron chi connectivity index (χ4n) is 1.23. The van der Waals surface area contributed by atoms with Crippen molar-refractivity contribution in [3.8, 4) is 0 Å². The first-order valence-corrected chi connectivity index (χ1v) is 3.95. The second-order valence-corrected chi connectivity index (χ2v) is 2.73. The molecule has 11 heavy (non-hydrogen) atoms. The van der Waals surface area contributed by atoms with Crippen LogP contribution in [0.2, 0.25) is 0 Å². The number of aliphatic hydroxyl groups is 2. The highest BCUT2D eigenvalue weighted by molar-refractivity contribution is 7.79. The average molecular weight is 176 g/mol. The molecule has 0 unspecified atom stereocenters. The highest BCUT2D eigenvalue weighted by Crippen LogP contribution is 2.10. The van der Waals surface area contributed by atoms with E-state index in [1.54, 1.807) is 15.2 Å². The van der Waals surface area contributed by atoms with Crippen LogP contribution in [0.3, 0.4) is 0 Å². The van der Waals surface area contributed by atoms with Crippen molar-refractivity contribution in [1.82, 2.24) is 9.80 Å². The first-order valence-electron chi connectivity index (χ1n) is 3.48. The van der Waals surface area contributed by atoms with Gasteiger partial charge in [-0.2, -0.15) is 0 Å². The Balaban J connectivity index is 2.54. The zero-order valence-electron chi connectivity index (χ0n) is 6.18. The SMILES string of the molecule is OCN1CCN(CO)C1C=S. The largest absolute Gasteiger partial charge is 0.381 e. The normalized spacial score (nSPS) is 22.7. The highest BCUT2D eigenvalue weighted by Gasteiger charge is 2.28. The summed E-state index contributed by atoms with van der Waals surface area (Å²) in [6, 6.07) is 0. The molecule has 0 aromatic carbocycles. The fraction of sp³-hybridized carbons (Fsp3) is 0.833. The summed E-state index contributed by atoms with van der Waals surface area (Å²) in [5.41, 5.74) is 0. The van der Waals surface area contributed by atoms with Crippen LogP contribution in [0.15, 0.2) is 0 Å². The van der Waals surface area contributed by atoms with Crippen molar-refractivity contribution < 1.29 is 10.2 Å². The molecule has 2 N–H and O–H groups in total. The summed E-state index contributed by atoms with van der Waals surface area (Å²) in [5, 5.41) is 19.2. The van der Waals surface area contributed by atoms with Crippen LogP contribution < -0.4 is 0 Å². The molecule has 5 heteroatoms. The van der Waals surface area contributed by atoms with Crippen molar-refractivity contribution >= 4 is 17.6 Å². The molecule has 64 valence electrons. The van der Waals surface area contributed by atoms with Crippen LogP contribution in [0, 0.1) is 0 Å². The number of nitrogens with zero attached hydrogens (tertiary/aromatic N) is 2. The van der Waals surface area contributed by atoms with Crippen molar-refractivity contribution in [1.29, 1.82) is 0 Å². The molecule has 1 rings (SSSR count). The molecule has 0 radical (unpaired) electrons. The summed E-state index contributed by atoms with van der Waals surface area (Å²) in [4.78, 5) is 3.59. The molecule has 4 nitrogen and oxygen atoms in total. The third-order valence-corrected chi connectivity index (χ3v) is 2.15. The fourth-order valence-corrected chi connectivity index (χ4v) is 1.58. The molecule has 1 heterocycles. The van der Waals surface area contributed by atoms with Crippen LogP contribution in [0.25, 0.3) is 0 Å². The van der Waals surface area contributed by atoms with E-state index in [-0.39, 0.29) is 19.6 Å². The minimum Gasteiger partial charge on any atom is -0.381 e. The molecule has 1 aliphatic rings. The lowest BCUT2D eigenvalue weighted by Crippen LogP contribution is -2.40. The van der Waals surface area contributed by atoms with E-state index in [1.165, 1.54) is 0 Å². The van der Waals surface area contributed by atoms with Gasteiger partial charge >= 0.3 is 0 Å². The predicted octanol–water partition coefficient (Wildman–Crippen LogP) is -1.17. The Morgan fingerprint density at radius 2 is 1.73 bits per heavy atom. The van der Waals surface area contributed by atoms with Gasteiger partial charge in [0.25, 0.3) is 0 Å². The van der Waals surface area contributed by atoms with Crippen LogP contribution in [-0.4, -0.2) is 58.1 Å². The third kappa shape index (κ3) is 1.74. The van der Waals surface area contributed by atoms with Crippen LogP contribution in [0.4, 0.5) is 0 Å². The first-order chi connectivity index (χ1) is 5.33. The minimum atomic E-state index is -0.0833. The van der Waals surface area contributed by atoms with Gasteiger partial charge in [-0.3, -0.25) is 9.80 Å². The molecular formula is C6H12N2O2S. The van der Waals surface area contributed by atoms with Gasteiger partial charge in [-0.1, -0.05) is 12.2 Å². The van der Waals surface area contributed by atoms with Crippen LogP contribution in [0.1, 0.15) is 0 Å². The van der Waals surface area contributed by atoms with Crippen molar-refractivity contribution in [3.05, 3.63) is 0 Å². The van der Waals surface area contributed by atoms with Gasteiger partial charge in [-0.15, -0.1) is 0 Å². The highest BCUT2D eigenvalue weighted by atomic mass is 32.1. The van der Waals surface area contributed by atoms with Crippen LogP contribution >= 0.6 is 12.2 Å². The number of aliphatic hydroxyl groups excluding tert-OH is 2. The van der Waals surface area contributed by atoms with Crippen LogP contribution in [0.5, 0.6) is 0 Å². The molecule has 1 aliphatic heterocycles. The van der Waals surface area contributed by atoms with E-state index in [9.17, 15) is 0 Å². The smallest absolute Gasteiger partial charge is 0.0971 e. The Bertz CT molecular complexity index is 133. The molecule has 0 bridgehead atoms. The van der Waals surface area contributed by atoms with Gasteiger partial charge in [0.1, 0.15) is 0 Å². The minimum absolute atomic E-state index is 0.00565. The van der Waals surface area contributed by atoms with E-state index >= 15 is 0 Å². The van der Waals surface area contributed by atoms with E-state index in [2.05, 4.69) is 0 Å². The summed E-state index contributed by atoms with van der Waals surface area (Å²) in [7, 11) is 0. The number of hydrogen-bond donors (Lipinski definition) is 2. The van der Waals surface area contributed by atoms with E-state index in [4.69, 9.17) is 22.4 Å². The van der Waals surface area contributed by atoms with Gasteiger partial charge < -0.3 is 10.2 Å². The Kier molecular flexibility index (Phi) is 3.35. The molecule has 0 aromatic heterocycles. The maximum Gasteiger partial charge on any atom is 0.0971 e. The maximum absolute atomic E-state index is 8.83. The molecule has 0 amide bonds. The second-order valence-electron chi connectivity index (χ2n) is 2.46. The van der Waals surface area contributed by atoms with Crippen molar-refractivity contribution in [2.45, 2.75) is 6.17 Å². The lowest BCUT2D eigenvalue weighted by atomic mass is 10.5. The van der Waals surface area contributed by atoms with Crippen LogP contribution in [-0.2, 0) is 0 Å². The van der Waals surface area contributed by atoms with Gasteiger partial charge in [0.2, 0.25) is 0 Å². The van der Waals surface area contributed by atoms with Crippen molar-refractivity contribution in [2.75, 3.05) is 26.6 Å². The lowest BCUT2D eigenvalue weighted by molar-refractivity contribution is 0.0520. The predicted molar refractivity (Wildman–Crippen MR) is 45.0 cm³/mol. The topological polar surface area (TPSA) is 46.9 Å².